The van der Waals surface area contributed by atoms with Crippen LogP contribution in [-0.4, -0.2) is 25.1 Å². The van der Waals surface area contributed by atoms with Gasteiger partial charge >= 0.3 is 0 Å². The highest BCUT2D eigenvalue weighted by atomic mass is 32.1. The molecule has 2 aromatic carbocycles. The number of nitrogens with zero attached hydrogens (tertiary/aromatic N) is 2. The van der Waals surface area contributed by atoms with Gasteiger partial charge in [0.25, 0.3) is 5.69 Å². The standard InChI is InChI=1S/C22H24N4O4S/c1-29-20-10-7-17(12-21(20)30-2)14-24-22(25-15-19-4-3-11-31-19)23-13-16-5-8-18(9-6-16)26(27)28/h3-12H,13-15H2,1-2H3,(H2,23,24,25). The molecule has 0 bridgehead atoms. The molecule has 162 valence electrons. The fourth-order valence-corrected chi connectivity index (χ4v) is 3.47. The minimum Gasteiger partial charge on any atom is -0.493 e. The fraction of sp³-hybridized carbons (Fsp3) is 0.227. The van der Waals surface area contributed by atoms with Gasteiger partial charge in [0, 0.05) is 23.6 Å². The number of guanidine groups is 1. The van der Waals surface area contributed by atoms with E-state index in [0.717, 1.165) is 11.1 Å². The molecule has 0 saturated heterocycles. The lowest BCUT2D eigenvalue weighted by Gasteiger charge is -2.13. The third kappa shape index (κ3) is 6.45. The molecule has 31 heavy (non-hydrogen) atoms. The summed E-state index contributed by atoms with van der Waals surface area (Å²) in [7, 11) is 3.20. The van der Waals surface area contributed by atoms with Crippen LogP contribution in [0.15, 0.2) is 65.0 Å². The zero-order valence-corrected chi connectivity index (χ0v) is 18.1. The number of methoxy groups -OCH3 is 2. The highest BCUT2D eigenvalue weighted by Gasteiger charge is 2.07. The summed E-state index contributed by atoms with van der Waals surface area (Å²) in [5.74, 6) is 1.96. The number of hydrogen-bond acceptors (Lipinski definition) is 6. The van der Waals surface area contributed by atoms with E-state index in [9.17, 15) is 10.1 Å². The molecule has 0 atom stereocenters. The van der Waals surface area contributed by atoms with E-state index in [-0.39, 0.29) is 5.69 Å². The van der Waals surface area contributed by atoms with E-state index in [1.165, 1.54) is 17.0 Å². The summed E-state index contributed by atoms with van der Waals surface area (Å²) in [4.78, 5) is 16.3. The Labute approximate surface area is 184 Å². The van der Waals surface area contributed by atoms with E-state index in [2.05, 4.69) is 21.7 Å². The van der Waals surface area contributed by atoms with Crippen LogP contribution in [0.2, 0.25) is 0 Å². The van der Waals surface area contributed by atoms with E-state index in [4.69, 9.17) is 9.47 Å². The first-order valence-electron chi connectivity index (χ1n) is 9.58. The van der Waals surface area contributed by atoms with Crippen LogP contribution in [0, 0.1) is 10.1 Å². The number of nitro groups is 1. The van der Waals surface area contributed by atoms with Crippen molar-refractivity contribution in [2.75, 3.05) is 14.2 Å². The third-order valence-electron chi connectivity index (χ3n) is 4.48. The van der Waals surface area contributed by atoms with Crippen molar-refractivity contribution in [3.63, 3.8) is 0 Å². The van der Waals surface area contributed by atoms with Gasteiger partial charge in [0.05, 0.1) is 32.2 Å². The van der Waals surface area contributed by atoms with Gasteiger partial charge in [-0.15, -0.1) is 11.3 Å². The van der Waals surface area contributed by atoms with Gasteiger partial charge in [0.2, 0.25) is 0 Å². The Kier molecular flexibility index (Phi) is 7.83. The summed E-state index contributed by atoms with van der Waals surface area (Å²) in [5, 5.41) is 19.5. The molecule has 9 heteroatoms. The highest BCUT2D eigenvalue weighted by Crippen LogP contribution is 2.27. The topological polar surface area (TPSA) is 98.0 Å². The lowest BCUT2D eigenvalue weighted by atomic mass is 10.2. The molecule has 3 aromatic rings. The zero-order valence-electron chi connectivity index (χ0n) is 17.3. The third-order valence-corrected chi connectivity index (χ3v) is 5.36. The molecule has 0 aliphatic carbocycles. The van der Waals surface area contributed by atoms with Crippen molar-refractivity contribution in [1.82, 2.24) is 10.6 Å². The largest absolute Gasteiger partial charge is 0.493 e. The van der Waals surface area contributed by atoms with Crippen LogP contribution in [-0.2, 0) is 19.6 Å². The molecule has 0 aliphatic heterocycles. The van der Waals surface area contributed by atoms with E-state index >= 15 is 0 Å². The second-order valence-corrected chi connectivity index (χ2v) is 7.60. The Morgan fingerprint density at radius 2 is 1.71 bits per heavy atom. The Bertz CT molecular complexity index is 1020. The molecule has 0 radical (unpaired) electrons. The van der Waals surface area contributed by atoms with Crippen molar-refractivity contribution in [2.45, 2.75) is 19.6 Å². The average Bonchev–Trinajstić information content (AvgIpc) is 3.32. The molecular weight excluding hydrogens is 416 g/mol. The molecular formula is C22H24N4O4S. The molecule has 2 N–H and O–H groups in total. The van der Waals surface area contributed by atoms with Gasteiger partial charge in [-0.2, -0.15) is 0 Å². The quantitative estimate of drug-likeness (QED) is 0.225. The van der Waals surface area contributed by atoms with Crippen molar-refractivity contribution in [3.05, 3.63) is 86.1 Å². The number of nitrogens with one attached hydrogen (secondary N) is 2. The van der Waals surface area contributed by atoms with E-state index in [0.29, 0.717) is 37.1 Å². The normalized spacial score (nSPS) is 11.1. The van der Waals surface area contributed by atoms with Crippen LogP contribution in [0.5, 0.6) is 11.5 Å². The fourth-order valence-electron chi connectivity index (χ4n) is 2.83. The molecule has 0 fully saturated rings. The number of nitro benzene ring substituents is 1. The predicted octanol–water partition coefficient (Wildman–Crippen LogP) is 4.11. The van der Waals surface area contributed by atoms with Crippen LogP contribution in [0.3, 0.4) is 0 Å². The number of ether oxygens (including phenoxy) is 2. The van der Waals surface area contributed by atoms with E-state index < -0.39 is 4.92 Å². The summed E-state index contributed by atoms with van der Waals surface area (Å²) in [5.41, 5.74) is 1.97. The minimum absolute atomic E-state index is 0.0712. The summed E-state index contributed by atoms with van der Waals surface area (Å²) in [6, 6.07) is 16.2. The van der Waals surface area contributed by atoms with Crippen molar-refractivity contribution in [3.8, 4) is 11.5 Å². The zero-order chi connectivity index (χ0) is 22.1. The molecule has 1 heterocycles. The van der Waals surface area contributed by atoms with Crippen molar-refractivity contribution in [2.24, 2.45) is 4.99 Å². The Morgan fingerprint density at radius 3 is 2.35 bits per heavy atom. The molecule has 0 unspecified atom stereocenters. The van der Waals surface area contributed by atoms with E-state index in [1.807, 2.05) is 29.6 Å². The number of rotatable bonds is 9. The number of benzene rings is 2. The maximum absolute atomic E-state index is 10.8. The first-order chi connectivity index (χ1) is 15.1. The Morgan fingerprint density at radius 1 is 1.00 bits per heavy atom. The van der Waals surface area contributed by atoms with Crippen LogP contribution in [0.1, 0.15) is 16.0 Å². The monoisotopic (exact) mass is 440 g/mol. The van der Waals surface area contributed by atoms with Crippen molar-refractivity contribution < 1.29 is 14.4 Å². The number of thiophene rings is 1. The van der Waals surface area contributed by atoms with Crippen LogP contribution in [0.4, 0.5) is 5.69 Å². The van der Waals surface area contributed by atoms with Crippen LogP contribution < -0.4 is 20.1 Å². The van der Waals surface area contributed by atoms with E-state index in [1.54, 1.807) is 37.7 Å². The number of hydrogen-bond donors (Lipinski definition) is 2. The van der Waals surface area contributed by atoms with Crippen LogP contribution >= 0.6 is 11.3 Å². The summed E-state index contributed by atoms with van der Waals surface area (Å²) in [6.07, 6.45) is 0. The SMILES string of the molecule is COc1ccc(CN=C(NCc2ccc([N+](=O)[O-])cc2)NCc2cccs2)cc1OC. The smallest absolute Gasteiger partial charge is 0.269 e. The van der Waals surface area contributed by atoms with Gasteiger partial charge in [-0.25, -0.2) is 4.99 Å². The van der Waals surface area contributed by atoms with Gasteiger partial charge in [0.15, 0.2) is 17.5 Å². The van der Waals surface area contributed by atoms with Crippen LogP contribution in [0.25, 0.3) is 0 Å². The molecule has 1 aromatic heterocycles. The summed E-state index contributed by atoms with van der Waals surface area (Å²) >= 11 is 1.67. The second-order valence-electron chi connectivity index (χ2n) is 6.56. The Balaban J connectivity index is 1.69. The molecule has 0 spiro atoms. The van der Waals surface area contributed by atoms with Crippen molar-refractivity contribution >= 4 is 23.0 Å². The first-order valence-corrected chi connectivity index (χ1v) is 10.5. The van der Waals surface area contributed by atoms with Crippen molar-refractivity contribution in [1.29, 1.82) is 0 Å². The highest BCUT2D eigenvalue weighted by molar-refractivity contribution is 7.09. The summed E-state index contributed by atoms with van der Waals surface area (Å²) < 4.78 is 10.6. The van der Waals surface area contributed by atoms with Gasteiger partial charge in [-0.05, 0) is 34.7 Å². The lowest BCUT2D eigenvalue weighted by molar-refractivity contribution is -0.384. The molecule has 3 rings (SSSR count). The number of aliphatic imine (C=N–C) groups is 1. The van der Waals surface area contributed by atoms with Gasteiger partial charge in [0.1, 0.15) is 0 Å². The second kappa shape index (κ2) is 11.0. The molecule has 0 aliphatic rings. The molecule has 0 amide bonds. The maximum atomic E-state index is 10.8. The first kappa shape index (κ1) is 22.1. The molecule has 0 saturated carbocycles. The molecule has 8 nitrogen and oxygen atoms in total. The predicted molar refractivity (Wildman–Crippen MR) is 122 cm³/mol. The maximum Gasteiger partial charge on any atom is 0.269 e. The average molecular weight is 441 g/mol. The lowest BCUT2D eigenvalue weighted by Crippen LogP contribution is -2.36. The van der Waals surface area contributed by atoms with Gasteiger partial charge in [-0.3, -0.25) is 10.1 Å². The summed E-state index contributed by atoms with van der Waals surface area (Å²) in [6.45, 7) is 1.58. The Hall–Kier alpha value is -3.59. The van der Waals surface area contributed by atoms with Gasteiger partial charge < -0.3 is 20.1 Å². The minimum atomic E-state index is -0.407. The number of non-ortho nitro benzene ring substituents is 1. The van der Waals surface area contributed by atoms with Gasteiger partial charge in [-0.1, -0.05) is 24.3 Å².